The Bertz CT molecular complexity index is 539. The van der Waals surface area contributed by atoms with Crippen LogP contribution in [0.15, 0.2) is 35.7 Å². The Morgan fingerprint density at radius 2 is 1.94 bits per heavy atom. The fraction of sp³-hybridized carbons (Fsp3) is 0.182. The minimum Gasteiger partial charge on any atom is -0.321 e. The Kier molecular flexibility index (Phi) is 3.20. The van der Waals surface area contributed by atoms with Crippen LogP contribution in [0.1, 0.15) is 18.5 Å². The number of nitro groups is 1. The summed E-state index contributed by atoms with van der Waals surface area (Å²) in [4.78, 5) is 21.9. The zero-order valence-corrected chi connectivity index (χ0v) is 10.2. The van der Waals surface area contributed by atoms with Crippen molar-refractivity contribution in [3.63, 3.8) is 0 Å². The molecule has 1 aliphatic heterocycles. The van der Waals surface area contributed by atoms with Crippen molar-refractivity contribution in [3.05, 3.63) is 56.4 Å². The third-order valence-electron chi connectivity index (χ3n) is 2.63. The number of hydrogen-bond donors (Lipinski definition) is 2. The molecule has 0 spiro atoms. The molecule has 0 aliphatic carbocycles. The first-order chi connectivity index (χ1) is 8.49. The molecule has 0 fully saturated rings. The number of rotatable bonds is 2. The molecule has 1 aromatic rings. The molecule has 2 N–H and O–H groups in total. The highest BCUT2D eigenvalue weighted by Crippen LogP contribution is 2.27. The van der Waals surface area contributed by atoms with Crippen molar-refractivity contribution in [1.82, 2.24) is 10.6 Å². The molecule has 0 radical (unpaired) electrons. The van der Waals surface area contributed by atoms with E-state index in [-0.39, 0.29) is 11.4 Å². The molecule has 0 saturated heterocycles. The van der Waals surface area contributed by atoms with Crippen LogP contribution in [0.3, 0.4) is 0 Å². The van der Waals surface area contributed by atoms with Gasteiger partial charge in [-0.05, 0) is 24.6 Å². The summed E-state index contributed by atoms with van der Waals surface area (Å²) in [5.41, 5.74) is 0.779. The second kappa shape index (κ2) is 4.66. The quantitative estimate of drug-likeness (QED) is 0.636. The number of allylic oxidation sites excluding steroid dienone is 1. The van der Waals surface area contributed by atoms with Gasteiger partial charge in [-0.3, -0.25) is 10.1 Å². The molecule has 7 heteroatoms. The van der Waals surface area contributed by atoms with Crippen LogP contribution in [-0.2, 0) is 0 Å². The number of urea groups is 1. The van der Waals surface area contributed by atoms with Gasteiger partial charge in [0, 0.05) is 5.02 Å². The normalized spacial score (nSPS) is 19.2. The maximum atomic E-state index is 11.4. The van der Waals surface area contributed by atoms with Gasteiger partial charge in [-0.25, -0.2) is 4.79 Å². The van der Waals surface area contributed by atoms with Crippen LogP contribution >= 0.6 is 11.6 Å². The molecular weight excluding hydrogens is 258 g/mol. The van der Waals surface area contributed by atoms with Crippen LogP contribution in [0.5, 0.6) is 0 Å². The van der Waals surface area contributed by atoms with Crippen LogP contribution in [-0.4, -0.2) is 11.0 Å². The van der Waals surface area contributed by atoms with E-state index in [1.165, 1.54) is 6.92 Å². The summed E-state index contributed by atoms with van der Waals surface area (Å²) in [6.07, 6.45) is 0. The SMILES string of the molecule is CC1=C([N+](=O)[O-])[C@H](c2ccc(Cl)cc2)NC(=O)N1. The van der Waals surface area contributed by atoms with Gasteiger partial charge in [0.1, 0.15) is 6.04 Å². The Morgan fingerprint density at radius 1 is 1.33 bits per heavy atom. The predicted octanol–water partition coefficient (Wildman–Crippen LogP) is 2.20. The molecule has 0 unspecified atom stereocenters. The Morgan fingerprint density at radius 3 is 2.50 bits per heavy atom. The first-order valence-electron chi connectivity index (χ1n) is 5.17. The second-order valence-corrected chi connectivity index (χ2v) is 4.29. The molecule has 0 bridgehead atoms. The minimum atomic E-state index is -0.772. The second-order valence-electron chi connectivity index (χ2n) is 3.85. The van der Waals surface area contributed by atoms with E-state index < -0.39 is 17.0 Å². The van der Waals surface area contributed by atoms with Gasteiger partial charge in [-0.1, -0.05) is 23.7 Å². The molecule has 1 aliphatic rings. The van der Waals surface area contributed by atoms with Crippen molar-refractivity contribution >= 4 is 17.6 Å². The van der Waals surface area contributed by atoms with Crippen molar-refractivity contribution in [3.8, 4) is 0 Å². The third kappa shape index (κ3) is 2.28. The van der Waals surface area contributed by atoms with Crippen molar-refractivity contribution in [2.24, 2.45) is 0 Å². The number of amides is 2. The number of halogens is 1. The Balaban J connectivity index is 2.46. The Hall–Kier alpha value is -2.08. The van der Waals surface area contributed by atoms with Crippen LogP contribution in [0.2, 0.25) is 5.02 Å². The summed E-state index contributed by atoms with van der Waals surface area (Å²) >= 11 is 5.76. The maximum Gasteiger partial charge on any atom is 0.320 e. The number of hydrogen-bond acceptors (Lipinski definition) is 3. The molecule has 6 nitrogen and oxygen atoms in total. The molecule has 1 aromatic carbocycles. The summed E-state index contributed by atoms with van der Waals surface area (Å²) < 4.78 is 0. The molecule has 1 atom stereocenters. The van der Waals surface area contributed by atoms with E-state index >= 15 is 0 Å². The fourth-order valence-electron chi connectivity index (χ4n) is 1.83. The van der Waals surface area contributed by atoms with Gasteiger partial charge < -0.3 is 10.6 Å². The van der Waals surface area contributed by atoms with Crippen LogP contribution in [0, 0.1) is 10.1 Å². The monoisotopic (exact) mass is 267 g/mol. The van der Waals surface area contributed by atoms with E-state index in [2.05, 4.69) is 10.6 Å². The minimum absolute atomic E-state index is 0.0723. The lowest BCUT2D eigenvalue weighted by Gasteiger charge is -2.23. The van der Waals surface area contributed by atoms with E-state index in [4.69, 9.17) is 11.6 Å². The van der Waals surface area contributed by atoms with E-state index in [1.807, 2.05) is 0 Å². The van der Waals surface area contributed by atoms with E-state index in [0.717, 1.165) is 0 Å². The molecule has 0 saturated carbocycles. The van der Waals surface area contributed by atoms with Gasteiger partial charge in [-0.2, -0.15) is 0 Å². The van der Waals surface area contributed by atoms with E-state index in [9.17, 15) is 14.9 Å². The summed E-state index contributed by atoms with van der Waals surface area (Å²) in [6, 6.07) is 5.31. The van der Waals surface area contributed by atoms with Crippen LogP contribution in [0.25, 0.3) is 0 Å². The van der Waals surface area contributed by atoms with Gasteiger partial charge in [0.25, 0.3) is 5.70 Å². The van der Waals surface area contributed by atoms with Gasteiger partial charge in [0.15, 0.2) is 0 Å². The molecule has 2 rings (SSSR count). The summed E-state index contributed by atoms with van der Waals surface area (Å²) in [7, 11) is 0. The zero-order chi connectivity index (χ0) is 13.3. The summed E-state index contributed by atoms with van der Waals surface area (Å²) in [5.74, 6) is 0. The van der Waals surface area contributed by atoms with Crippen molar-refractivity contribution in [1.29, 1.82) is 0 Å². The fourth-order valence-corrected chi connectivity index (χ4v) is 1.95. The highest BCUT2D eigenvalue weighted by atomic mass is 35.5. The first-order valence-corrected chi connectivity index (χ1v) is 5.55. The molecule has 18 heavy (non-hydrogen) atoms. The lowest BCUT2D eigenvalue weighted by molar-refractivity contribution is -0.432. The maximum absolute atomic E-state index is 11.4. The highest BCUT2D eigenvalue weighted by molar-refractivity contribution is 6.30. The Labute approximate surface area is 108 Å². The van der Waals surface area contributed by atoms with Crippen molar-refractivity contribution < 1.29 is 9.72 Å². The number of nitrogens with one attached hydrogen (secondary N) is 2. The van der Waals surface area contributed by atoms with E-state index in [1.54, 1.807) is 24.3 Å². The largest absolute Gasteiger partial charge is 0.321 e. The van der Waals surface area contributed by atoms with Crippen molar-refractivity contribution in [2.75, 3.05) is 0 Å². The molecule has 0 aromatic heterocycles. The highest BCUT2D eigenvalue weighted by Gasteiger charge is 2.35. The molecule has 2 amide bonds. The molecule has 1 heterocycles. The lowest BCUT2D eigenvalue weighted by Crippen LogP contribution is -2.44. The van der Waals surface area contributed by atoms with Crippen LogP contribution < -0.4 is 10.6 Å². The number of benzene rings is 1. The summed E-state index contributed by atoms with van der Waals surface area (Å²) in [6.45, 7) is 1.50. The average molecular weight is 268 g/mol. The smallest absolute Gasteiger partial charge is 0.320 e. The van der Waals surface area contributed by atoms with Gasteiger partial charge in [0.05, 0.1) is 10.6 Å². The van der Waals surface area contributed by atoms with Gasteiger partial charge in [0.2, 0.25) is 0 Å². The van der Waals surface area contributed by atoms with Crippen molar-refractivity contribution in [2.45, 2.75) is 13.0 Å². The first kappa shape index (κ1) is 12.4. The lowest BCUT2D eigenvalue weighted by atomic mass is 10.0. The third-order valence-corrected chi connectivity index (χ3v) is 2.89. The summed E-state index contributed by atoms with van der Waals surface area (Å²) in [5, 5.41) is 16.5. The number of carbonyl (C=O) groups is 1. The average Bonchev–Trinajstić information content (AvgIpc) is 2.28. The molecular formula is C11H10ClN3O3. The van der Waals surface area contributed by atoms with E-state index in [0.29, 0.717) is 10.6 Å². The number of carbonyl (C=O) groups excluding carboxylic acids is 1. The van der Waals surface area contributed by atoms with Crippen LogP contribution in [0.4, 0.5) is 4.79 Å². The van der Waals surface area contributed by atoms with Gasteiger partial charge in [-0.15, -0.1) is 0 Å². The number of nitrogens with zero attached hydrogens (tertiary/aromatic N) is 1. The molecule has 94 valence electrons. The zero-order valence-electron chi connectivity index (χ0n) is 9.44. The topological polar surface area (TPSA) is 84.3 Å². The predicted molar refractivity (Wildman–Crippen MR) is 65.6 cm³/mol. The van der Waals surface area contributed by atoms with Gasteiger partial charge >= 0.3 is 6.03 Å². The standard InChI is InChI=1S/C11H10ClN3O3/c1-6-10(15(17)18)9(14-11(16)13-6)7-2-4-8(12)5-3-7/h2-5,9H,1H3,(H2,13,14,16)/t9-/m0/s1.